The lowest BCUT2D eigenvalue weighted by molar-refractivity contribution is 0.102. The van der Waals surface area contributed by atoms with Gasteiger partial charge in [-0.3, -0.25) is 4.79 Å². The van der Waals surface area contributed by atoms with E-state index in [1.54, 1.807) is 33.8 Å². The highest BCUT2D eigenvalue weighted by Crippen LogP contribution is 2.25. The molecule has 37 heavy (non-hydrogen) atoms. The minimum atomic E-state index is -0.247. The SMILES string of the molecule is Cc1cc(NC(=O)c2ccc(-c3ccccc3)cc2)n(-c2ncnc3c2cnn3-c2ccc(Cl)cc2)n1. The van der Waals surface area contributed by atoms with Crippen LogP contribution in [-0.2, 0) is 0 Å². The molecule has 9 heteroatoms. The van der Waals surface area contributed by atoms with Gasteiger partial charge in [0.05, 0.1) is 23.0 Å². The van der Waals surface area contributed by atoms with Crippen molar-refractivity contribution in [1.82, 2.24) is 29.5 Å². The highest BCUT2D eigenvalue weighted by Gasteiger charge is 2.18. The van der Waals surface area contributed by atoms with E-state index >= 15 is 0 Å². The Kier molecular flexibility index (Phi) is 5.71. The first-order chi connectivity index (χ1) is 18.1. The zero-order valence-corrected chi connectivity index (χ0v) is 20.5. The summed E-state index contributed by atoms with van der Waals surface area (Å²) in [6.45, 7) is 1.86. The molecule has 0 spiro atoms. The fourth-order valence-electron chi connectivity index (χ4n) is 4.15. The lowest BCUT2D eigenvalue weighted by atomic mass is 10.0. The number of carbonyl (C=O) groups excluding carboxylic acids is 1. The third-order valence-electron chi connectivity index (χ3n) is 5.94. The first-order valence-corrected chi connectivity index (χ1v) is 11.9. The molecule has 0 saturated heterocycles. The average Bonchev–Trinajstić information content (AvgIpc) is 3.53. The highest BCUT2D eigenvalue weighted by atomic mass is 35.5. The van der Waals surface area contributed by atoms with Crippen molar-refractivity contribution >= 4 is 34.4 Å². The Balaban J connectivity index is 1.32. The predicted octanol–water partition coefficient (Wildman–Crippen LogP) is 5.88. The maximum atomic E-state index is 13.1. The zero-order chi connectivity index (χ0) is 25.4. The number of rotatable bonds is 5. The predicted molar refractivity (Wildman–Crippen MR) is 143 cm³/mol. The van der Waals surface area contributed by atoms with Crippen LogP contribution in [0.1, 0.15) is 16.1 Å². The fraction of sp³-hybridized carbons (Fsp3) is 0.0357. The summed E-state index contributed by atoms with van der Waals surface area (Å²) < 4.78 is 3.31. The maximum absolute atomic E-state index is 13.1. The second-order valence-electron chi connectivity index (χ2n) is 8.45. The van der Waals surface area contributed by atoms with Gasteiger partial charge < -0.3 is 5.32 Å². The molecule has 0 fully saturated rings. The number of carbonyl (C=O) groups is 1. The van der Waals surface area contributed by atoms with Gasteiger partial charge in [0.25, 0.3) is 5.91 Å². The summed E-state index contributed by atoms with van der Waals surface area (Å²) in [5, 5.41) is 13.4. The first kappa shape index (κ1) is 22.6. The number of anilines is 1. The Labute approximate surface area is 217 Å². The van der Waals surface area contributed by atoms with E-state index in [9.17, 15) is 4.79 Å². The number of halogens is 1. The van der Waals surface area contributed by atoms with Crippen LogP contribution in [0.25, 0.3) is 33.7 Å². The number of fused-ring (bicyclic) bond motifs is 1. The van der Waals surface area contributed by atoms with Gasteiger partial charge in [-0.1, -0.05) is 54.1 Å². The molecule has 0 saturated carbocycles. The zero-order valence-electron chi connectivity index (χ0n) is 19.7. The van der Waals surface area contributed by atoms with E-state index in [1.165, 1.54) is 6.33 Å². The number of aromatic nitrogens is 6. The molecule has 0 radical (unpaired) electrons. The van der Waals surface area contributed by atoms with E-state index < -0.39 is 0 Å². The monoisotopic (exact) mass is 505 g/mol. The van der Waals surface area contributed by atoms with Crippen molar-refractivity contribution < 1.29 is 4.79 Å². The van der Waals surface area contributed by atoms with Crippen LogP contribution in [-0.4, -0.2) is 35.4 Å². The average molecular weight is 506 g/mol. The molecule has 3 aromatic carbocycles. The van der Waals surface area contributed by atoms with Gasteiger partial charge in [0.2, 0.25) is 0 Å². The van der Waals surface area contributed by atoms with Crippen LogP contribution in [0.5, 0.6) is 0 Å². The van der Waals surface area contributed by atoms with Crippen molar-refractivity contribution in [3.05, 3.63) is 114 Å². The van der Waals surface area contributed by atoms with E-state index in [4.69, 9.17) is 11.6 Å². The molecule has 1 amide bonds. The second kappa shape index (κ2) is 9.33. The first-order valence-electron chi connectivity index (χ1n) is 11.6. The Hall–Kier alpha value is -4.82. The molecule has 180 valence electrons. The van der Waals surface area contributed by atoms with Gasteiger partial charge in [0.1, 0.15) is 12.1 Å². The van der Waals surface area contributed by atoms with Crippen molar-refractivity contribution in [3.63, 3.8) is 0 Å². The van der Waals surface area contributed by atoms with Crippen LogP contribution < -0.4 is 5.32 Å². The molecular weight excluding hydrogens is 486 g/mol. The number of nitrogens with zero attached hydrogens (tertiary/aromatic N) is 6. The summed E-state index contributed by atoms with van der Waals surface area (Å²) in [4.78, 5) is 22.0. The van der Waals surface area contributed by atoms with Gasteiger partial charge in [-0.05, 0) is 54.4 Å². The van der Waals surface area contributed by atoms with Crippen molar-refractivity contribution in [3.8, 4) is 22.6 Å². The molecule has 8 nitrogen and oxygen atoms in total. The molecular formula is C28H20ClN7O. The molecule has 0 aliphatic heterocycles. The number of nitrogens with one attached hydrogen (secondary N) is 1. The summed E-state index contributed by atoms with van der Waals surface area (Å²) in [7, 11) is 0. The molecule has 0 aliphatic carbocycles. The Bertz CT molecular complexity index is 1720. The lowest BCUT2D eigenvalue weighted by Crippen LogP contribution is -2.15. The molecule has 3 heterocycles. The molecule has 6 rings (SSSR count). The van der Waals surface area contributed by atoms with Crippen molar-refractivity contribution in [2.45, 2.75) is 6.92 Å². The quantitative estimate of drug-likeness (QED) is 0.316. The van der Waals surface area contributed by atoms with E-state index in [2.05, 4.69) is 25.5 Å². The number of aryl methyl sites for hydroxylation is 1. The molecule has 3 aromatic heterocycles. The molecule has 0 unspecified atom stereocenters. The van der Waals surface area contributed by atoms with Gasteiger partial charge in [0.15, 0.2) is 11.5 Å². The third-order valence-corrected chi connectivity index (χ3v) is 6.20. The van der Waals surface area contributed by atoms with E-state index in [1.807, 2.05) is 73.7 Å². The van der Waals surface area contributed by atoms with Crippen LogP contribution in [0.15, 0.2) is 97.5 Å². The van der Waals surface area contributed by atoms with Gasteiger partial charge in [-0.25, -0.2) is 14.6 Å². The van der Waals surface area contributed by atoms with Crippen LogP contribution in [0.2, 0.25) is 5.02 Å². The molecule has 1 N–H and O–H groups in total. The minimum Gasteiger partial charge on any atom is -0.306 e. The number of hydrogen-bond acceptors (Lipinski definition) is 5. The highest BCUT2D eigenvalue weighted by molar-refractivity contribution is 6.30. The second-order valence-corrected chi connectivity index (χ2v) is 8.88. The summed E-state index contributed by atoms with van der Waals surface area (Å²) >= 11 is 6.04. The van der Waals surface area contributed by atoms with Gasteiger partial charge in [-0.2, -0.15) is 14.9 Å². The third kappa shape index (κ3) is 4.34. The Morgan fingerprint density at radius 2 is 1.59 bits per heavy atom. The van der Waals surface area contributed by atoms with Crippen LogP contribution >= 0.6 is 11.6 Å². The van der Waals surface area contributed by atoms with Crippen LogP contribution in [0.4, 0.5) is 5.82 Å². The molecule has 0 atom stereocenters. The number of amides is 1. The molecule has 0 bridgehead atoms. The lowest BCUT2D eigenvalue weighted by Gasteiger charge is -2.10. The number of hydrogen-bond donors (Lipinski definition) is 1. The molecule has 6 aromatic rings. The molecule has 0 aliphatic rings. The number of benzene rings is 3. The fourth-order valence-corrected chi connectivity index (χ4v) is 4.28. The standard InChI is InChI=1S/C28H20ClN7O/c1-18-15-25(33-28(37)21-9-7-20(8-10-21)19-5-3-2-4-6-19)36(34-18)27-24-16-32-35(26(24)30-17-31-27)23-13-11-22(29)12-14-23/h2-17H,1H3,(H,33,37). The minimum absolute atomic E-state index is 0.247. The van der Waals surface area contributed by atoms with E-state index in [0.29, 0.717) is 33.3 Å². The van der Waals surface area contributed by atoms with E-state index in [-0.39, 0.29) is 5.91 Å². The Morgan fingerprint density at radius 1 is 0.865 bits per heavy atom. The van der Waals surface area contributed by atoms with Crippen molar-refractivity contribution in [2.24, 2.45) is 0 Å². The summed E-state index contributed by atoms with van der Waals surface area (Å²) in [5.41, 5.74) is 4.82. The van der Waals surface area contributed by atoms with Crippen molar-refractivity contribution in [2.75, 3.05) is 5.32 Å². The van der Waals surface area contributed by atoms with Gasteiger partial charge >= 0.3 is 0 Å². The maximum Gasteiger partial charge on any atom is 0.256 e. The summed E-state index contributed by atoms with van der Waals surface area (Å²) in [5.74, 6) is 0.754. The van der Waals surface area contributed by atoms with E-state index in [0.717, 1.165) is 22.5 Å². The smallest absolute Gasteiger partial charge is 0.256 e. The van der Waals surface area contributed by atoms with Gasteiger partial charge in [-0.15, -0.1) is 0 Å². The summed E-state index contributed by atoms with van der Waals surface area (Å²) in [6.07, 6.45) is 3.14. The topological polar surface area (TPSA) is 90.5 Å². The Morgan fingerprint density at radius 3 is 2.35 bits per heavy atom. The summed E-state index contributed by atoms with van der Waals surface area (Å²) in [6, 6.07) is 26.6. The van der Waals surface area contributed by atoms with Crippen LogP contribution in [0, 0.1) is 6.92 Å². The van der Waals surface area contributed by atoms with Crippen LogP contribution in [0.3, 0.4) is 0 Å². The van der Waals surface area contributed by atoms with Gasteiger partial charge in [0, 0.05) is 16.7 Å². The normalized spacial score (nSPS) is 11.1. The van der Waals surface area contributed by atoms with Crippen molar-refractivity contribution in [1.29, 1.82) is 0 Å². The largest absolute Gasteiger partial charge is 0.306 e.